The average Bonchev–Trinajstić information content (AvgIpc) is 0.851. The van der Waals surface area contributed by atoms with Gasteiger partial charge in [0.15, 0.2) is 0 Å². The molecule has 4 amide bonds. The van der Waals surface area contributed by atoms with Crippen LogP contribution in [0.15, 0.2) is 121 Å². The number of piperazine rings is 4. The van der Waals surface area contributed by atoms with Crippen molar-refractivity contribution >= 4 is 117 Å². The molecular formula is C80H145Cl2I3N8O9VY3-6. The van der Waals surface area contributed by atoms with Crippen molar-refractivity contribution in [2.75, 3.05) is 90.5 Å². The van der Waals surface area contributed by atoms with E-state index in [1.165, 1.54) is 22.3 Å². The van der Waals surface area contributed by atoms with Crippen molar-refractivity contribution in [3.8, 4) is 0 Å². The van der Waals surface area contributed by atoms with Gasteiger partial charge < -0.3 is 87.9 Å². The van der Waals surface area contributed by atoms with E-state index in [-0.39, 0.29) is 227 Å². The van der Waals surface area contributed by atoms with Crippen LogP contribution in [0.2, 0.25) is 0 Å². The topological polar surface area (TPSA) is 192 Å². The van der Waals surface area contributed by atoms with E-state index >= 15 is 0 Å². The Labute approximate surface area is 782 Å². The first-order valence-electron chi connectivity index (χ1n) is 33.7. The number of rotatable bonds is 12. The molecule has 8 atom stereocenters. The molecule has 4 N–H and O–H groups in total. The number of amides is 4. The van der Waals surface area contributed by atoms with Gasteiger partial charge in [0.25, 0.3) is 0 Å². The van der Waals surface area contributed by atoms with Crippen LogP contribution in [0.4, 0.5) is 0 Å². The van der Waals surface area contributed by atoms with Crippen molar-refractivity contribution in [1.82, 2.24) is 39.2 Å². The molecule has 4 heterocycles. The number of halogens is 5. The molecule has 8 rings (SSSR count). The van der Waals surface area contributed by atoms with Gasteiger partial charge in [-0.25, -0.2) is 0 Å². The maximum Gasteiger partial charge on any atom is 0 e. The Balaban J connectivity index is -0.0000000794. The zero-order chi connectivity index (χ0) is 74.1. The number of aldehydes is 1. The third kappa shape index (κ3) is 60.2. The van der Waals surface area contributed by atoms with Gasteiger partial charge in [0.1, 0.15) is 25.7 Å². The quantitative estimate of drug-likeness (QED) is 0.0454. The molecule has 4 aliphatic heterocycles. The van der Waals surface area contributed by atoms with Crippen LogP contribution in [0.3, 0.4) is 0 Å². The van der Waals surface area contributed by atoms with Gasteiger partial charge >= 0.3 is 49.4 Å². The number of nitrogens with zero attached hydrogens (tertiary/aromatic N) is 8. The second kappa shape index (κ2) is 91.2. The number of hydrogen-bond donors (Lipinski definition) is 4. The van der Waals surface area contributed by atoms with E-state index in [1.807, 2.05) is 105 Å². The second-order valence-electron chi connectivity index (χ2n) is 21.9. The Hall–Kier alpha value is 0.646. The fourth-order valence-electron chi connectivity index (χ4n) is 10.7. The predicted molar refractivity (Wildman–Crippen MR) is 470 cm³/mol. The molecule has 0 aliphatic carbocycles. The van der Waals surface area contributed by atoms with Gasteiger partial charge in [-0.05, 0) is 83.9 Å². The molecule has 4 aromatic carbocycles. The third-order valence-electron chi connectivity index (χ3n) is 15.2. The van der Waals surface area contributed by atoms with Crippen LogP contribution in [-0.4, -0.2) is 228 Å². The normalized spacial score (nSPS) is 18.4. The van der Waals surface area contributed by atoms with Gasteiger partial charge in [-0.3, -0.25) is 38.8 Å². The molecule has 0 bridgehead atoms. The van der Waals surface area contributed by atoms with Gasteiger partial charge in [-0.1, -0.05) is 206 Å². The summed E-state index contributed by atoms with van der Waals surface area (Å²) in [6.45, 7) is 50.6. The van der Waals surface area contributed by atoms with E-state index in [9.17, 15) is 19.2 Å². The fourth-order valence-corrected chi connectivity index (χ4v) is 10.8. The summed E-state index contributed by atoms with van der Waals surface area (Å²) in [5.41, 5.74) is 5.20. The molecule has 4 saturated heterocycles. The van der Waals surface area contributed by atoms with Gasteiger partial charge in [-0.2, -0.15) is 11.6 Å². The fraction of sp³-hybridized carbons (Fsp3) is 0.562. The largest absolute Gasteiger partial charge is 0 e. The summed E-state index contributed by atoms with van der Waals surface area (Å²) in [4.78, 5) is 72.2. The van der Waals surface area contributed by atoms with Crippen LogP contribution >= 0.6 is 87.1 Å². The van der Waals surface area contributed by atoms with E-state index in [0.717, 1.165) is 58.9 Å². The maximum atomic E-state index is 11.8. The van der Waals surface area contributed by atoms with E-state index in [4.69, 9.17) is 48.4 Å². The smallest absolute Gasteiger partial charge is 0 e. The predicted octanol–water partition coefficient (Wildman–Crippen LogP) is 16.3. The Morgan fingerprint density at radius 1 is 0.406 bits per heavy atom. The van der Waals surface area contributed by atoms with Gasteiger partial charge in [0, 0.05) is 225 Å². The van der Waals surface area contributed by atoms with Crippen LogP contribution < -0.4 is 0 Å². The molecule has 4 aliphatic rings. The number of aliphatic hydroxyl groups excluding tert-OH is 4. The number of hydrogen-bond acceptors (Lipinski definition) is 13. The molecule has 0 spiro atoms. The Kier molecular flexibility index (Phi) is 119. The summed E-state index contributed by atoms with van der Waals surface area (Å²) >= 11 is 15.3. The van der Waals surface area contributed by atoms with Crippen molar-refractivity contribution < 1.29 is 152 Å². The first-order chi connectivity index (χ1) is 46.1. The van der Waals surface area contributed by atoms with Crippen molar-refractivity contribution in [3.63, 3.8) is 0 Å². The summed E-state index contributed by atoms with van der Waals surface area (Å²) < 4.78 is 0. The maximum absolute atomic E-state index is 11.8. The molecule has 26 heteroatoms. The summed E-state index contributed by atoms with van der Waals surface area (Å²) in [6, 6.07) is 43.6. The Morgan fingerprint density at radius 3 is 0.679 bits per heavy atom. The number of benzene rings is 4. The third-order valence-corrected chi connectivity index (χ3v) is 15.4. The molecule has 3 radical (unpaired) electrons. The average molecular weight is 2130 g/mol. The van der Waals surface area contributed by atoms with E-state index < -0.39 is 19.8 Å². The van der Waals surface area contributed by atoms with Crippen LogP contribution in [0.1, 0.15) is 155 Å². The number of aliphatic hydroxyl groups is 4. The molecule has 614 valence electrons. The first-order valence-corrected chi connectivity index (χ1v) is 43.8. The molecule has 4 aromatic rings. The van der Waals surface area contributed by atoms with Gasteiger partial charge in [0.2, 0.25) is 23.6 Å². The molecule has 0 aromatic heterocycles. The molecule has 106 heavy (non-hydrogen) atoms. The van der Waals surface area contributed by atoms with E-state index in [2.05, 4.69) is 212 Å². The van der Waals surface area contributed by atoms with Crippen molar-refractivity contribution in [3.05, 3.63) is 187 Å². The minimum absolute atomic E-state index is 0. The number of carbonyl (C=O) groups excluding carboxylic acids is 5. The Bertz CT molecular complexity index is 2180. The Morgan fingerprint density at radius 2 is 0.547 bits per heavy atom. The van der Waals surface area contributed by atoms with Crippen molar-refractivity contribution in [2.24, 2.45) is 0 Å². The zero-order valence-electron chi connectivity index (χ0n) is 66.1. The van der Waals surface area contributed by atoms with Gasteiger partial charge in [0.05, 0.1) is 0 Å². The van der Waals surface area contributed by atoms with Gasteiger partial charge in [-0.15, -0.1) is 41.5 Å². The molecule has 4 fully saturated rings. The van der Waals surface area contributed by atoms with Crippen LogP contribution in [0.25, 0.3) is 0 Å². The zero-order valence-corrected chi connectivity index (χ0v) is 84.2. The molecule has 17 nitrogen and oxygen atoms in total. The summed E-state index contributed by atoms with van der Waals surface area (Å²) in [6.07, 6.45) is 0.500. The van der Waals surface area contributed by atoms with E-state index in [1.54, 1.807) is 14.7 Å². The SMILES string of the molecule is C.C.C.CC.CC.CC.CC.CC1CN(C(=O)CCl)C(C)CN1Cc1ccccc1.CC1CN(C(=O)CO)C(C)CN1Cc1ccccc1.CC1CN(C(=O)CO)C(C)CN1Cc1ccccc1.CC1CN(C(=O)CO)C(C)CN1Cc1ccccc1.I.[CH2-]C=O.[CH2-]CCl.[CH2-]CO.[CH3-].[CH3-].[CH3-].[I][V][I].[Y].[Y].[Y]. The van der Waals surface area contributed by atoms with Crippen LogP contribution in [0.5, 0.6) is 0 Å². The second-order valence-corrected chi connectivity index (χ2v) is 34.3. The minimum Gasteiger partial charge on any atom is 0 e. The number of carbonyl (C=O) groups is 5. The first kappa shape index (κ1) is 139. The summed E-state index contributed by atoms with van der Waals surface area (Å²) in [5.74, 6) is 0.0898. The van der Waals surface area contributed by atoms with Crippen LogP contribution in [0, 0.1) is 43.1 Å². The molecule has 8 unspecified atom stereocenters. The summed E-state index contributed by atoms with van der Waals surface area (Å²) in [5, 5.41) is 34.4. The summed E-state index contributed by atoms with van der Waals surface area (Å²) in [7, 11) is 0.628. The van der Waals surface area contributed by atoms with Crippen molar-refractivity contribution in [2.45, 2.75) is 208 Å². The van der Waals surface area contributed by atoms with Crippen LogP contribution in [-0.2, 0) is 158 Å². The molecular weight excluding hydrogens is 1990 g/mol. The monoisotopic (exact) mass is 2130 g/mol. The van der Waals surface area contributed by atoms with E-state index in [0.29, 0.717) is 65.4 Å². The standard InChI is InChI=1S/C15H21ClN2O.3C15H22N2O2.C2H4Cl.C2H5O.C2H3O.4C2H6.3CH4.3CH3.3HI.V.3Y/c1-12-10-18(15(19)8-16)13(2)9-17(12)11-14-6-4-3-5-7-14;3*1-12-9-17(15(19)11-18)13(2)8-16(12)10-14-6-4-3-5-7-14;3*1-2-3;4*1-2;;;;;;;;;;;;;/h3-7,12-13H,8-11H2,1-2H3;3*3-7,12-13,18H,8-11H2,1-2H3;1-2H2;3H,1-2H2;2H,1H2;4*1-2H3;3*1H4;3*1H3;3*1H;;;;/q;;;;3*-1;;;;;;;;3*-1;;;;+2;;;/p-2. The molecule has 0 saturated carbocycles. The minimum atomic E-state index is -0.393. The van der Waals surface area contributed by atoms with Crippen molar-refractivity contribution in [1.29, 1.82) is 0 Å². The number of alkyl halides is 2.